The second-order valence-electron chi connectivity index (χ2n) is 11.1. The predicted molar refractivity (Wildman–Crippen MR) is 135 cm³/mol. The number of anilines is 1. The maximum Gasteiger partial charge on any atom is 0.337 e. The molecule has 1 aromatic rings. The molecule has 14 nitrogen and oxygen atoms in total. The van der Waals surface area contributed by atoms with Crippen LogP contribution >= 0.6 is 0 Å². The van der Waals surface area contributed by atoms with E-state index in [0.717, 1.165) is 0 Å². The number of rotatable bonds is 7. The van der Waals surface area contributed by atoms with E-state index in [0.29, 0.717) is 30.8 Å². The number of carbonyl (C=O) groups excluding carboxylic acids is 2. The number of fused-ring (bicyclic) bond motifs is 5. The van der Waals surface area contributed by atoms with Crippen LogP contribution in [0.1, 0.15) is 18.4 Å². The fourth-order valence-electron chi connectivity index (χ4n) is 6.59. The van der Waals surface area contributed by atoms with Gasteiger partial charge in [-0.05, 0) is 12.5 Å². The number of hydrogen-bond donors (Lipinski definition) is 6. The van der Waals surface area contributed by atoms with E-state index < -0.39 is 85.2 Å². The van der Waals surface area contributed by atoms with Gasteiger partial charge in [0.05, 0.1) is 37.6 Å². The molecule has 41 heavy (non-hydrogen) atoms. The normalized spacial score (nSPS) is 41.6. The van der Waals surface area contributed by atoms with E-state index in [-0.39, 0.29) is 12.0 Å². The Morgan fingerprint density at radius 1 is 1.15 bits per heavy atom. The number of likely N-dealkylation sites (tertiary alicyclic amines) is 1. The van der Waals surface area contributed by atoms with Gasteiger partial charge in [0.2, 0.25) is 6.29 Å². The fraction of sp³-hybridized carbons (Fsp3) is 0.630. The summed E-state index contributed by atoms with van der Waals surface area (Å²) in [5, 5.41) is 54.4. The lowest BCUT2D eigenvalue weighted by Gasteiger charge is -2.46. The number of nitrogens with zero attached hydrogens (tertiary/aromatic N) is 1. The van der Waals surface area contributed by atoms with Gasteiger partial charge < -0.3 is 54.5 Å². The Morgan fingerprint density at radius 2 is 1.93 bits per heavy atom. The Kier molecular flexibility index (Phi) is 7.55. The Hall–Kier alpha value is -2.66. The third-order valence-corrected chi connectivity index (χ3v) is 8.84. The monoisotopic (exact) mass is 578 g/mol. The van der Waals surface area contributed by atoms with Crippen LogP contribution in [0.15, 0.2) is 36.1 Å². The summed E-state index contributed by atoms with van der Waals surface area (Å²) in [6.45, 7) is 0.0682. The molecule has 5 aliphatic heterocycles. The molecule has 5 aliphatic rings. The van der Waals surface area contributed by atoms with Gasteiger partial charge in [0.15, 0.2) is 11.9 Å². The van der Waals surface area contributed by atoms with E-state index >= 15 is 0 Å². The highest BCUT2D eigenvalue weighted by atomic mass is 16.8. The summed E-state index contributed by atoms with van der Waals surface area (Å²) in [7, 11) is 1.26. The Balaban J connectivity index is 1.21. The molecule has 14 heteroatoms. The number of hydrogen-bond acceptors (Lipinski definition) is 13. The maximum atomic E-state index is 12.7. The number of para-hydroxylation sites is 1. The standard InChI is InChI=1S/C27H34N2O12/c1-37-23(34)13-11-38-24(41-25-22(33)21(32)20(31)17(10-30)40-25)19-12(13)8-18-29(9-16(19)39-18)7-6-27(36)14-4-2-3-5-15(14)28-26(27)35/h2-5,11-12,16-22,24-25,30-33,36H,6-10H2,1H3,(H,28,35). The van der Waals surface area contributed by atoms with Crippen molar-refractivity contribution < 1.29 is 58.8 Å². The molecule has 11 atom stereocenters. The third kappa shape index (κ3) is 4.73. The number of methoxy groups -OCH3 is 1. The summed E-state index contributed by atoms with van der Waals surface area (Å²) in [6, 6.07) is 6.99. The average Bonchev–Trinajstić information content (AvgIpc) is 3.43. The molecular formula is C27H34N2O12. The van der Waals surface area contributed by atoms with Crippen molar-refractivity contribution in [2.75, 3.05) is 32.1 Å². The fourth-order valence-corrected chi connectivity index (χ4v) is 6.59. The molecule has 0 aliphatic carbocycles. The summed E-state index contributed by atoms with van der Waals surface area (Å²) < 4.78 is 28.5. The smallest absolute Gasteiger partial charge is 0.337 e. The zero-order valence-corrected chi connectivity index (χ0v) is 22.2. The number of ether oxygens (including phenoxy) is 5. The number of nitrogens with one attached hydrogen (secondary N) is 1. The number of aliphatic hydroxyl groups excluding tert-OH is 4. The Morgan fingerprint density at radius 3 is 2.68 bits per heavy atom. The number of benzene rings is 1. The lowest BCUT2D eigenvalue weighted by Crippen LogP contribution is -2.61. The Bertz CT molecular complexity index is 1210. The van der Waals surface area contributed by atoms with Gasteiger partial charge in [0.25, 0.3) is 5.91 Å². The quantitative estimate of drug-likeness (QED) is 0.197. The van der Waals surface area contributed by atoms with E-state index in [4.69, 9.17) is 23.7 Å². The van der Waals surface area contributed by atoms with E-state index in [1.165, 1.54) is 13.4 Å². The van der Waals surface area contributed by atoms with Crippen molar-refractivity contribution >= 4 is 17.6 Å². The highest BCUT2D eigenvalue weighted by molar-refractivity contribution is 6.04. The van der Waals surface area contributed by atoms with Crippen LogP contribution in [0, 0.1) is 11.8 Å². The molecule has 6 N–H and O–H groups in total. The molecule has 0 saturated carbocycles. The SMILES string of the molecule is COC(=O)C1=COC(OC2OC(CO)C(O)C(O)C2O)C2C3CN(CCC4(O)C(=O)Nc5ccccc54)C(CC12)O3. The van der Waals surface area contributed by atoms with Gasteiger partial charge in [0.1, 0.15) is 30.6 Å². The van der Waals surface area contributed by atoms with Gasteiger partial charge in [-0.3, -0.25) is 9.69 Å². The zero-order valence-electron chi connectivity index (χ0n) is 22.2. The van der Waals surface area contributed by atoms with Crippen LogP contribution in [0.3, 0.4) is 0 Å². The molecule has 11 unspecified atom stereocenters. The largest absolute Gasteiger partial charge is 0.471 e. The molecule has 0 radical (unpaired) electrons. The molecule has 5 heterocycles. The minimum absolute atomic E-state index is 0.110. The van der Waals surface area contributed by atoms with Crippen molar-refractivity contribution in [3.05, 3.63) is 41.7 Å². The van der Waals surface area contributed by atoms with E-state index in [1.807, 2.05) is 4.90 Å². The minimum Gasteiger partial charge on any atom is -0.471 e. The van der Waals surface area contributed by atoms with Crippen molar-refractivity contribution in [1.82, 2.24) is 4.90 Å². The maximum absolute atomic E-state index is 12.7. The van der Waals surface area contributed by atoms with E-state index in [1.54, 1.807) is 24.3 Å². The highest BCUT2D eigenvalue weighted by Gasteiger charge is 2.56. The second kappa shape index (κ2) is 10.9. The van der Waals surface area contributed by atoms with Crippen LogP contribution in [0.5, 0.6) is 0 Å². The minimum atomic E-state index is -1.70. The van der Waals surface area contributed by atoms with Gasteiger partial charge in [-0.2, -0.15) is 0 Å². The van der Waals surface area contributed by atoms with Gasteiger partial charge >= 0.3 is 5.97 Å². The summed E-state index contributed by atoms with van der Waals surface area (Å²) in [4.78, 5) is 27.3. The van der Waals surface area contributed by atoms with Crippen molar-refractivity contribution in [2.24, 2.45) is 11.8 Å². The molecule has 2 bridgehead atoms. The van der Waals surface area contributed by atoms with Gasteiger partial charge in [-0.25, -0.2) is 4.79 Å². The van der Waals surface area contributed by atoms with Crippen LogP contribution < -0.4 is 5.32 Å². The van der Waals surface area contributed by atoms with Gasteiger partial charge in [-0.1, -0.05) is 18.2 Å². The molecule has 224 valence electrons. The molecular weight excluding hydrogens is 544 g/mol. The first-order valence-corrected chi connectivity index (χ1v) is 13.6. The molecule has 3 saturated heterocycles. The van der Waals surface area contributed by atoms with E-state index in [9.17, 15) is 35.1 Å². The van der Waals surface area contributed by atoms with Crippen molar-refractivity contribution in [2.45, 2.75) is 67.8 Å². The van der Waals surface area contributed by atoms with Gasteiger partial charge in [0, 0.05) is 36.7 Å². The molecule has 1 aromatic carbocycles. The summed E-state index contributed by atoms with van der Waals surface area (Å²) in [6.07, 6.45) is -7.76. The Labute approximate surface area is 235 Å². The van der Waals surface area contributed by atoms with Crippen LogP contribution in [0.4, 0.5) is 5.69 Å². The van der Waals surface area contributed by atoms with Crippen LogP contribution in [0.25, 0.3) is 0 Å². The van der Waals surface area contributed by atoms with E-state index in [2.05, 4.69) is 5.32 Å². The molecule has 6 rings (SSSR count). The first-order chi connectivity index (χ1) is 19.7. The van der Waals surface area contributed by atoms with Crippen molar-refractivity contribution in [1.29, 1.82) is 0 Å². The first kappa shape index (κ1) is 28.5. The summed E-state index contributed by atoms with van der Waals surface area (Å²) in [5.41, 5.74) is -0.330. The van der Waals surface area contributed by atoms with Crippen molar-refractivity contribution in [3.8, 4) is 0 Å². The topological polar surface area (TPSA) is 197 Å². The number of aliphatic hydroxyl groups is 5. The lowest BCUT2D eigenvalue weighted by atomic mass is 9.77. The van der Waals surface area contributed by atoms with Gasteiger partial charge in [-0.15, -0.1) is 0 Å². The molecule has 1 amide bonds. The number of esters is 1. The average molecular weight is 579 g/mol. The predicted octanol–water partition coefficient (Wildman–Crippen LogP) is -1.89. The third-order valence-electron chi connectivity index (χ3n) is 8.84. The number of amides is 1. The lowest BCUT2D eigenvalue weighted by molar-refractivity contribution is -0.347. The van der Waals surface area contributed by atoms with Crippen LogP contribution in [0.2, 0.25) is 0 Å². The second-order valence-corrected chi connectivity index (χ2v) is 11.1. The molecule has 3 fully saturated rings. The summed E-state index contributed by atoms with van der Waals surface area (Å²) in [5.74, 6) is -2.07. The molecule has 0 aromatic heterocycles. The molecule has 0 spiro atoms. The summed E-state index contributed by atoms with van der Waals surface area (Å²) >= 11 is 0. The van der Waals surface area contributed by atoms with Crippen molar-refractivity contribution in [3.63, 3.8) is 0 Å². The zero-order chi connectivity index (χ0) is 29.1. The highest BCUT2D eigenvalue weighted by Crippen LogP contribution is 2.47. The number of carbonyl (C=O) groups is 2. The van der Waals surface area contributed by atoms with Crippen LogP contribution in [-0.4, -0.2) is 118 Å². The first-order valence-electron chi connectivity index (χ1n) is 13.6. The van der Waals surface area contributed by atoms with Crippen LogP contribution in [-0.2, 0) is 38.9 Å².